The summed E-state index contributed by atoms with van der Waals surface area (Å²) in [4.78, 5) is 15.6. The lowest BCUT2D eigenvalue weighted by Crippen LogP contribution is -2.55. The van der Waals surface area contributed by atoms with E-state index in [1.54, 1.807) is 12.1 Å². The quantitative estimate of drug-likeness (QED) is 0.461. The lowest BCUT2D eigenvalue weighted by molar-refractivity contribution is 0.0948. The first kappa shape index (κ1) is 19.7. The van der Waals surface area contributed by atoms with Gasteiger partial charge in [0.05, 0.1) is 0 Å². The van der Waals surface area contributed by atoms with Crippen molar-refractivity contribution in [2.45, 2.75) is 45.1 Å². The molecule has 4 rings (SSSR count). The maximum atomic E-state index is 13.7. The van der Waals surface area contributed by atoms with Crippen molar-refractivity contribution < 1.29 is 4.79 Å². The van der Waals surface area contributed by atoms with Crippen LogP contribution in [0.3, 0.4) is 0 Å². The minimum Gasteiger partial charge on any atom is -0.302 e. The van der Waals surface area contributed by atoms with Gasteiger partial charge in [-0.05, 0) is 68.1 Å². The van der Waals surface area contributed by atoms with Crippen LogP contribution in [-0.4, -0.2) is 11.4 Å². The molecule has 0 fully saturated rings. The van der Waals surface area contributed by atoms with E-state index in [-0.39, 0.29) is 16.9 Å². The van der Waals surface area contributed by atoms with Crippen LogP contribution in [-0.2, 0) is 5.41 Å². The number of fused-ring (bicyclic) bond motifs is 1. The molecule has 0 aromatic heterocycles. The first-order valence-corrected chi connectivity index (χ1v) is 10.4. The van der Waals surface area contributed by atoms with E-state index in [2.05, 4.69) is 70.2 Å². The van der Waals surface area contributed by atoms with Crippen LogP contribution in [0.2, 0.25) is 5.02 Å². The Morgan fingerprint density at radius 3 is 2.34 bits per heavy atom. The summed E-state index contributed by atoms with van der Waals surface area (Å²) in [5, 5.41) is 0.573. The van der Waals surface area contributed by atoms with E-state index >= 15 is 0 Å². The normalized spacial score (nSPS) is 20.2. The Morgan fingerprint density at radius 2 is 1.66 bits per heavy atom. The monoisotopic (exact) mass is 403 g/mol. The second kappa shape index (κ2) is 7.03. The second-order valence-corrected chi connectivity index (χ2v) is 9.30. The third-order valence-electron chi connectivity index (χ3n) is 6.07. The van der Waals surface area contributed by atoms with E-state index in [4.69, 9.17) is 11.6 Å². The van der Waals surface area contributed by atoms with Crippen molar-refractivity contribution in [3.63, 3.8) is 0 Å². The summed E-state index contributed by atoms with van der Waals surface area (Å²) >= 11 is 6.18. The molecule has 1 heterocycles. The van der Waals surface area contributed by atoms with Crippen LogP contribution in [0.5, 0.6) is 0 Å². The summed E-state index contributed by atoms with van der Waals surface area (Å²) in [6.07, 6.45) is 0.826. The molecule has 3 aromatic rings. The smallest absolute Gasteiger partial charge is 0.258 e. The highest BCUT2D eigenvalue weighted by atomic mass is 35.5. The molecule has 0 radical (unpaired) electrons. The highest BCUT2D eigenvalue weighted by Gasteiger charge is 2.47. The minimum atomic E-state index is -0.370. The third-order valence-corrected chi connectivity index (χ3v) is 6.30. The van der Waals surface area contributed by atoms with Gasteiger partial charge in [-0.15, -0.1) is 0 Å². The zero-order chi connectivity index (χ0) is 20.8. The molecule has 1 aliphatic rings. The number of carbonyl (C=O) groups is 1. The molecule has 0 N–H and O–H groups in total. The summed E-state index contributed by atoms with van der Waals surface area (Å²) in [5.74, 6) is -0.0144. The molecule has 0 bridgehead atoms. The van der Waals surface area contributed by atoms with Crippen LogP contribution in [0.15, 0.2) is 72.8 Å². The molecule has 1 aliphatic heterocycles. The number of benzene rings is 3. The highest BCUT2D eigenvalue weighted by molar-refractivity contribution is 6.31. The second-order valence-electron chi connectivity index (χ2n) is 8.86. The Bertz CT molecular complexity index is 1070. The van der Waals surface area contributed by atoms with Gasteiger partial charge >= 0.3 is 0 Å². The molecule has 0 aliphatic carbocycles. The van der Waals surface area contributed by atoms with E-state index in [1.165, 1.54) is 11.1 Å². The zero-order valence-electron chi connectivity index (χ0n) is 17.4. The van der Waals surface area contributed by atoms with Gasteiger partial charge in [-0.25, -0.2) is 0 Å². The first-order valence-electron chi connectivity index (χ1n) is 9.99. The number of halogens is 1. The molecule has 3 aromatic carbocycles. The summed E-state index contributed by atoms with van der Waals surface area (Å²) in [6, 6.07) is 24.3. The van der Waals surface area contributed by atoms with Crippen molar-refractivity contribution in [1.29, 1.82) is 0 Å². The fourth-order valence-electron chi connectivity index (χ4n) is 4.86. The fourth-order valence-corrected chi connectivity index (χ4v) is 5.05. The molecule has 29 heavy (non-hydrogen) atoms. The number of hydrogen-bond donors (Lipinski definition) is 0. The molecule has 1 amide bonds. The summed E-state index contributed by atoms with van der Waals surface area (Å²) in [7, 11) is 0. The Labute approximate surface area is 178 Å². The average Bonchev–Trinajstić information content (AvgIpc) is 2.67. The van der Waals surface area contributed by atoms with Gasteiger partial charge in [0.25, 0.3) is 5.91 Å². The standard InChI is InChI=1S/C26H26ClNO/c1-18-13-14-22-23(15-18)28(24(29)19-9-8-12-21(27)16-19)25(2,3)17-26(22,4)20-10-6-5-7-11-20/h5-16H,17H2,1-4H3/t26-/m0/s1. The van der Waals surface area contributed by atoms with E-state index in [1.807, 2.05) is 23.1 Å². The molecule has 2 nitrogen and oxygen atoms in total. The maximum absolute atomic E-state index is 13.7. The van der Waals surface area contributed by atoms with Crippen LogP contribution in [0.25, 0.3) is 0 Å². The molecular formula is C26H26ClNO. The Hall–Kier alpha value is -2.58. The lowest BCUT2D eigenvalue weighted by Gasteiger charge is -2.51. The lowest BCUT2D eigenvalue weighted by atomic mass is 9.65. The average molecular weight is 404 g/mol. The summed E-state index contributed by atoms with van der Waals surface area (Å²) in [6.45, 7) is 8.67. The molecular weight excluding hydrogens is 378 g/mol. The van der Waals surface area contributed by atoms with E-state index in [9.17, 15) is 4.79 Å². The van der Waals surface area contributed by atoms with Crippen LogP contribution >= 0.6 is 11.6 Å². The molecule has 0 unspecified atom stereocenters. The number of aryl methyl sites for hydroxylation is 1. The van der Waals surface area contributed by atoms with Crippen molar-refractivity contribution in [2.24, 2.45) is 0 Å². The Morgan fingerprint density at radius 1 is 0.931 bits per heavy atom. The van der Waals surface area contributed by atoms with Crippen molar-refractivity contribution in [3.8, 4) is 0 Å². The number of anilines is 1. The van der Waals surface area contributed by atoms with Crippen LogP contribution in [0.1, 0.15) is 54.2 Å². The topological polar surface area (TPSA) is 20.3 Å². The summed E-state index contributed by atoms with van der Waals surface area (Å²) in [5.41, 5.74) is 4.64. The predicted molar refractivity (Wildman–Crippen MR) is 121 cm³/mol. The van der Waals surface area contributed by atoms with E-state index < -0.39 is 0 Å². The van der Waals surface area contributed by atoms with Crippen LogP contribution in [0, 0.1) is 6.92 Å². The minimum absolute atomic E-state index is 0.0144. The van der Waals surface area contributed by atoms with Gasteiger partial charge in [0.15, 0.2) is 0 Å². The van der Waals surface area contributed by atoms with Gasteiger partial charge in [0.2, 0.25) is 0 Å². The molecule has 0 saturated carbocycles. The highest BCUT2D eigenvalue weighted by Crippen LogP contribution is 2.51. The zero-order valence-corrected chi connectivity index (χ0v) is 18.1. The molecule has 3 heteroatoms. The van der Waals surface area contributed by atoms with Gasteiger partial charge in [-0.1, -0.05) is 67.1 Å². The first-order chi connectivity index (χ1) is 13.7. The van der Waals surface area contributed by atoms with E-state index in [0.717, 1.165) is 17.7 Å². The Balaban J connectivity index is 1.93. The van der Waals surface area contributed by atoms with Crippen LogP contribution in [0.4, 0.5) is 5.69 Å². The number of rotatable bonds is 2. The molecule has 1 atom stereocenters. The van der Waals surface area contributed by atoms with Crippen molar-refractivity contribution in [2.75, 3.05) is 4.90 Å². The molecule has 148 valence electrons. The number of carbonyl (C=O) groups excluding carboxylic acids is 1. The van der Waals surface area contributed by atoms with Gasteiger partial charge in [-0.2, -0.15) is 0 Å². The van der Waals surface area contributed by atoms with Crippen molar-refractivity contribution in [1.82, 2.24) is 0 Å². The largest absolute Gasteiger partial charge is 0.302 e. The number of nitrogens with zero attached hydrogens (tertiary/aromatic N) is 1. The maximum Gasteiger partial charge on any atom is 0.258 e. The number of hydrogen-bond acceptors (Lipinski definition) is 1. The summed E-state index contributed by atoms with van der Waals surface area (Å²) < 4.78 is 0. The van der Waals surface area contributed by atoms with Gasteiger partial charge in [0, 0.05) is 27.2 Å². The van der Waals surface area contributed by atoms with E-state index in [0.29, 0.717) is 10.6 Å². The van der Waals surface area contributed by atoms with Crippen molar-refractivity contribution >= 4 is 23.2 Å². The van der Waals surface area contributed by atoms with Crippen LogP contribution < -0.4 is 4.90 Å². The van der Waals surface area contributed by atoms with Gasteiger partial charge < -0.3 is 4.90 Å². The Kier molecular flexibility index (Phi) is 4.78. The molecule has 0 spiro atoms. The predicted octanol–water partition coefficient (Wildman–Crippen LogP) is 6.78. The van der Waals surface area contributed by atoms with Gasteiger partial charge in [0.1, 0.15) is 0 Å². The van der Waals surface area contributed by atoms with Crippen molar-refractivity contribution in [3.05, 3.63) is 100 Å². The molecule has 0 saturated heterocycles. The fraction of sp³-hybridized carbons (Fsp3) is 0.269. The third kappa shape index (κ3) is 3.36. The SMILES string of the molecule is Cc1ccc2c(c1)N(C(=O)c1cccc(Cl)c1)C(C)(C)C[C@@]2(C)c1ccccc1. The number of amides is 1. The van der Waals surface area contributed by atoms with Gasteiger partial charge in [-0.3, -0.25) is 4.79 Å².